The fraction of sp³-hybridized carbons (Fsp3) is 0.864. The molecule has 0 saturated carbocycles. The van der Waals surface area contributed by atoms with E-state index in [9.17, 15) is 4.79 Å². The molecule has 8 nitrogen and oxygen atoms in total. The van der Waals surface area contributed by atoms with Crippen LogP contribution < -0.4 is 0 Å². The molecule has 5 heterocycles. The summed E-state index contributed by atoms with van der Waals surface area (Å²) in [7, 11) is 0. The SMILES string of the molecule is CC(C)c1nc(CC(=O)N2CC[C@H]3CC(CN4CC5(CCCCO5)C4)O[C@H]3C2)no1. The van der Waals surface area contributed by atoms with Crippen molar-refractivity contribution in [2.24, 2.45) is 5.92 Å². The third-order valence-electron chi connectivity index (χ3n) is 7.19. The van der Waals surface area contributed by atoms with Crippen molar-refractivity contribution >= 4 is 5.91 Å². The molecule has 8 heteroatoms. The van der Waals surface area contributed by atoms with E-state index in [1.165, 1.54) is 19.3 Å². The minimum atomic E-state index is 0.0655. The van der Waals surface area contributed by atoms with Crippen LogP contribution in [0.15, 0.2) is 4.52 Å². The van der Waals surface area contributed by atoms with Crippen LogP contribution in [0, 0.1) is 5.92 Å². The first-order valence-electron chi connectivity index (χ1n) is 11.6. The zero-order valence-electron chi connectivity index (χ0n) is 18.2. The van der Waals surface area contributed by atoms with Gasteiger partial charge in [-0.1, -0.05) is 19.0 Å². The molecule has 0 N–H and O–H groups in total. The van der Waals surface area contributed by atoms with Crippen molar-refractivity contribution in [3.8, 4) is 0 Å². The van der Waals surface area contributed by atoms with Gasteiger partial charge in [0.15, 0.2) is 5.82 Å². The number of hydrogen-bond donors (Lipinski definition) is 0. The molecule has 3 atom stereocenters. The second-order valence-corrected chi connectivity index (χ2v) is 9.96. The molecule has 0 bridgehead atoms. The standard InChI is InChI=1S/C22H34N4O4/c1-15(2)21-23-19(24-30-21)10-20(27)26-7-5-16-9-17(29-18(16)12-26)11-25-13-22(14-25)6-3-4-8-28-22/h15-18H,3-14H2,1-2H3/t16-,17?,18-/m0/s1. The highest BCUT2D eigenvalue weighted by molar-refractivity contribution is 5.78. The molecule has 1 unspecified atom stereocenters. The monoisotopic (exact) mass is 418 g/mol. The van der Waals surface area contributed by atoms with E-state index in [2.05, 4.69) is 15.0 Å². The van der Waals surface area contributed by atoms with E-state index in [-0.39, 0.29) is 36.1 Å². The first kappa shape index (κ1) is 20.4. The van der Waals surface area contributed by atoms with Crippen molar-refractivity contribution < 1.29 is 18.8 Å². The van der Waals surface area contributed by atoms with Gasteiger partial charge in [0.05, 0.1) is 24.2 Å². The van der Waals surface area contributed by atoms with Crippen molar-refractivity contribution in [1.82, 2.24) is 19.9 Å². The highest BCUT2D eigenvalue weighted by Gasteiger charge is 2.47. The van der Waals surface area contributed by atoms with E-state index >= 15 is 0 Å². The van der Waals surface area contributed by atoms with Crippen LogP contribution in [0.3, 0.4) is 0 Å². The van der Waals surface area contributed by atoms with Gasteiger partial charge in [0.2, 0.25) is 11.8 Å². The van der Waals surface area contributed by atoms with Gasteiger partial charge in [-0.25, -0.2) is 0 Å². The molecule has 30 heavy (non-hydrogen) atoms. The molecule has 1 amide bonds. The summed E-state index contributed by atoms with van der Waals surface area (Å²) in [5.41, 5.74) is 0.136. The summed E-state index contributed by atoms with van der Waals surface area (Å²) in [6, 6.07) is 0. The molecule has 5 rings (SSSR count). The number of aromatic nitrogens is 2. The number of fused-ring (bicyclic) bond motifs is 1. The molecule has 4 fully saturated rings. The number of carbonyl (C=O) groups is 1. The Labute approximate surface area is 178 Å². The summed E-state index contributed by atoms with van der Waals surface area (Å²) in [5, 5.41) is 3.95. The van der Waals surface area contributed by atoms with E-state index in [0.29, 0.717) is 24.2 Å². The minimum absolute atomic E-state index is 0.0655. The Hall–Kier alpha value is -1.51. The number of amides is 1. The Morgan fingerprint density at radius 1 is 1.30 bits per heavy atom. The Kier molecular flexibility index (Phi) is 5.58. The van der Waals surface area contributed by atoms with E-state index in [1.54, 1.807) is 0 Å². The molecule has 0 aromatic carbocycles. The fourth-order valence-corrected chi connectivity index (χ4v) is 5.54. The molecule has 1 spiro atoms. The van der Waals surface area contributed by atoms with Crippen LogP contribution in [0.25, 0.3) is 0 Å². The lowest BCUT2D eigenvalue weighted by molar-refractivity contribution is -0.173. The fourth-order valence-electron chi connectivity index (χ4n) is 5.54. The highest BCUT2D eigenvalue weighted by Crippen LogP contribution is 2.37. The summed E-state index contributed by atoms with van der Waals surface area (Å²) < 4.78 is 17.7. The van der Waals surface area contributed by atoms with Gasteiger partial charge in [-0.2, -0.15) is 4.98 Å². The van der Waals surface area contributed by atoms with Gasteiger partial charge in [-0.05, 0) is 38.0 Å². The lowest BCUT2D eigenvalue weighted by Gasteiger charge is -2.52. The van der Waals surface area contributed by atoms with Crippen molar-refractivity contribution in [2.45, 2.75) is 76.1 Å². The number of likely N-dealkylation sites (tertiary alicyclic amines) is 2. The Morgan fingerprint density at radius 2 is 2.17 bits per heavy atom. The molecule has 0 radical (unpaired) electrons. The summed E-state index contributed by atoms with van der Waals surface area (Å²) in [5.74, 6) is 1.87. The van der Waals surface area contributed by atoms with Gasteiger partial charge in [0.25, 0.3) is 0 Å². The van der Waals surface area contributed by atoms with Crippen LogP contribution in [0.2, 0.25) is 0 Å². The number of carbonyl (C=O) groups excluding carboxylic acids is 1. The summed E-state index contributed by atoms with van der Waals surface area (Å²) >= 11 is 0. The molecule has 1 aromatic heterocycles. The van der Waals surface area contributed by atoms with Crippen LogP contribution in [-0.2, 0) is 20.7 Å². The average molecular weight is 419 g/mol. The van der Waals surface area contributed by atoms with Gasteiger partial charge in [0.1, 0.15) is 0 Å². The topological polar surface area (TPSA) is 80.9 Å². The van der Waals surface area contributed by atoms with E-state index < -0.39 is 0 Å². The van der Waals surface area contributed by atoms with E-state index in [1.807, 2.05) is 18.7 Å². The third kappa shape index (κ3) is 4.14. The van der Waals surface area contributed by atoms with Gasteiger partial charge in [-0.15, -0.1) is 0 Å². The first-order valence-corrected chi connectivity index (χ1v) is 11.6. The smallest absolute Gasteiger partial charge is 0.230 e. The minimum Gasteiger partial charge on any atom is -0.372 e. The summed E-state index contributed by atoms with van der Waals surface area (Å²) in [4.78, 5) is 21.5. The number of piperidine rings is 1. The zero-order chi connectivity index (χ0) is 20.7. The number of hydrogen-bond acceptors (Lipinski definition) is 7. The van der Waals surface area contributed by atoms with E-state index in [4.69, 9.17) is 14.0 Å². The van der Waals surface area contributed by atoms with Crippen molar-refractivity contribution in [1.29, 1.82) is 0 Å². The van der Waals surface area contributed by atoms with Crippen LogP contribution in [0.1, 0.15) is 63.6 Å². The van der Waals surface area contributed by atoms with Crippen molar-refractivity contribution in [3.63, 3.8) is 0 Å². The van der Waals surface area contributed by atoms with Crippen LogP contribution >= 0.6 is 0 Å². The molecule has 4 saturated heterocycles. The van der Waals surface area contributed by atoms with Crippen LogP contribution in [-0.4, -0.2) is 83.0 Å². The lowest BCUT2D eigenvalue weighted by atomic mass is 9.85. The quantitative estimate of drug-likeness (QED) is 0.723. The normalized spacial score (nSPS) is 31.2. The van der Waals surface area contributed by atoms with Crippen molar-refractivity contribution in [3.05, 3.63) is 11.7 Å². The molecule has 4 aliphatic heterocycles. The largest absolute Gasteiger partial charge is 0.372 e. The molecule has 4 aliphatic rings. The Bertz CT molecular complexity index is 752. The van der Waals surface area contributed by atoms with E-state index in [0.717, 1.165) is 45.6 Å². The maximum absolute atomic E-state index is 12.7. The number of rotatable bonds is 5. The maximum Gasteiger partial charge on any atom is 0.230 e. The average Bonchev–Trinajstić information content (AvgIpc) is 3.33. The van der Waals surface area contributed by atoms with Gasteiger partial charge >= 0.3 is 0 Å². The Morgan fingerprint density at radius 3 is 2.90 bits per heavy atom. The van der Waals surface area contributed by atoms with Gasteiger partial charge < -0.3 is 18.9 Å². The third-order valence-corrected chi connectivity index (χ3v) is 7.19. The number of ether oxygens (including phenoxy) is 2. The second kappa shape index (κ2) is 8.20. The van der Waals surface area contributed by atoms with Gasteiger partial charge in [0, 0.05) is 45.2 Å². The summed E-state index contributed by atoms with van der Waals surface area (Å²) in [6.07, 6.45) is 6.47. The maximum atomic E-state index is 12.7. The van der Waals surface area contributed by atoms with Crippen LogP contribution in [0.4, 0.5) is 0 Å². The lowest BCUT2D eigenvalue weighted by Crippen LogP contribution is -2.65. The molecular formula is C22H34N4O4. The molecule has 0 aliphatic carbocycles. The summed E-state index contributed by atoms with van der Waals surface area (Å²) in [6.45, 7) is 9.50. The second-order valence-electron chi connectivity index (χ2n) is 9.96. The first-order chi connectivity index (χ1) is 14.5. The molecular weight excluding hydrogens is 384 g/mol. The zero-order valence-corrected chi connectivity index (χ0v) is 18.2. The molecule has 1 aromatic rings. The highest BCUT2D eigenvalue weighted by atomic mass is 16.5. The Balaban J connectivity index is 1.09. The predicted molar refractivity (Wildman–Crippen MR) is 109 cm³/mol. The van der Waals surface area contributed by atoms with Crippen LogP contribution in [0.5, 0.6) is 0 Å². The van der Waals surface area contributed by atoms with Crippen molar-refractivity contribution in [2.75, 3.05) is 39.3 Å². The predicted octanol–water partition coefficient (Wildman–Crippen LogP) is 2.00. The number of nitrogens with zero attached hydrogens (tertiary/aromatic N) is 4. The van der Waals surface area contributed by atoms with Gasteiger partial charge in [-0.3, -0.25) is 9.69 Å². The molecule has 166 valence electrons.